The van der Waals surface area contributed by atoms with Gasteiger partial charge in [0.15, 0.2) is 0 Å². The lowest BCUT2D eigenvalue weighted by molar-refractivity contribution is 0.358. The van der Waals surface area contributed by atoms with Crippen molar-refractivity contribution in [2.45, 2.75) is 97.3 Å². The number of fused-ring (bicyclic) bond motifs is 6. The molecule has 0 spiro atoms. The van der Waals surface area contributed by atoms with E-state index in [1.54, 1.807) is 0 Å². The summed E-state index contributed by atoms with van der Waals surface area (Å²) in [7, 11) is -2.43. The fourth-order valence-electron chi connectivity index (χ4n) is 10.1. The number of ether oxygens (including phenoxy) is 5. The fraction of sp³-hybridized carbons (Fsp3) is 0.345. The van der Waals surface area contributed by atoms with E-state index in [9.17, 15) is 0 Å². The second-order valence-electron chi connectivity index (χ2n) is 20.1. The van der Waals surface area contributed by atoms with E-state index >= 15 is 0 Å². The van der Waals surface area contributed by atoms with E-state index in [1.165, 1.54) is 76.3 Å². The van der Waals surface area contributed by atoms with Gasteiger partial charge in [0.1, 0.15) is 34.5 Å². The maximum atomic E-state index is 7.91. The number of benzene rings is 6. The Morgan fingerprint density at radius 1 is 0.403 bits per heavy atom. The third-order valence-electron chi connectivity index (χ3n) is 13.6. The van der Waals surface area contributed by atoms with E-state index in [4.69, 9.17) is 23.7 Å². The molecule has 0 aliphatic carbocycles. The van der Waals surface area contributed by atoms with Crippen molar-refractivity contribution >= 4 is 47.7 Å². The second-order valence-corrected chi connectivity index (χ2v) is 24.3. The first-order valence-corrected chi connectivity index (χ1v) is 25.1. The van der Waals surface area contributed by atoms with Crippen LogP contribution in [0.4, 0.5) is 0 Å². The summed E-state index contributed by atoms with van der Waals surface area (Å²) in [4.78, 5) is 0. The highest BCUT2D eigenvalue weighted by atomic mass is 31.1. The standard InChI is InChI=1S/C55H56O5P2/c1-53(2,3)37-29-39-51(45(31-37)61(41-17-9-13-33-21-25-56-47(33)41)42-18-10-14-34-22-26-57-48(34)42)60-52-40(55(39,7)8)30-38(54(4,5)6)32-46(52)62(43-19-11-15-35-23-27-58-49(35)43)44-20-12-16-36-24-28-59-50(36)44/h9-20,29-32H,21-28H2,1-8H3. The van der Waals surface area contributed by atoms with Gasteiger partial charge >= 0.3 is 0 Å². The summed E-state index contributed by atoms with van der Waals surface area (Å²) in [5, 5.41) is 7.30. The number of hydrogen-bond donors (Lipinski definition) is 0. The molecule has 6 aromatic carbocycles. The predicted octanol–water partition coefficient (Wildman–Crippen LogP) is 9.97. The third kappa shape index (κ3) is 6.39. The minimum Gasteiger partial charge on any atom is -0.492 e. The van der Waals surface area contributed by atoms with Gasteiger partial charge in [-0.3, -0.25) is 0 Å². The molecule has 0 bridgehead atoms. The molecule has 5 nitrogen and oxygen atoms in total. The van der Waals surface area contributed by atoms with Crippen LogP contribution in [0.15, 0.2) is 97.1 Å². The molecule has 0 N–H and O–H groups in total. The first-order valence-electron chi connectivity index (χ1n) is 22.4. The van der Waals surface area contributed by atoms with Crippen LogP contribution in [0.25, 0.3) is 0 Å². The van der Waals surface area contributed by atoms with Gasteiger partial charge in [0, 0.05) is 74.1 Å². The molecule has 0 fully saturated rings. The predicted molar refractivity (Wildman–Crippen MR) is 257 cm³/mol. The van der Waals surface area contributed by atoms with Crippen LogP contribution >= 0.6 is 15.8 Å². The summed E-state index contributed by atoms with van der Waals surface area (Å²) in [6.07, 6.45) is 3.65. The van der Waals surface area contributed by atoms with Crippen LogP contribution in [-0.4, -0.2) is 26.4 Å². The summed E-state index contributed by atoms with van der Waals surface area (Å²) in [5.41, 5.74) is 9.44. The number of hydrogen-bond acceptors (Lipinski definition) is 5. The first kappa shape index (κ1) is 40.0. The lowest BCUT2D eigenvalue weighted by atomic mass is 9.72. The van der Waals surface area contributed by atoms with E-state index in [-0.39, 0.29) is 10.8 Å². The SMILES string of the molecule is CC(C)(C)c1cc(P(c2cccc3c2OCC3)c2cccc3c2OCC3)c2c(c1)C(C)(C)c1cc(C(C)(C)C)cc(P(c3cccc4c3OCC4)c3cccc4c3OCC4)c1O2. The Labute approximate surface area is 369 Å². The van der Waals surface area contributed by atoms with Crippen molar-refractivity contribution in [1.29, 1.82) is 0 Å². The second kappa shape index (κ2) is 14.6. The van der Waals surface area contributed by atoms with Crippen molar-refractivity contribution < 1.29 is 23.7 Å². The summed E-state index contributed by atoms with van der Waals surface area (Å²) in [5.74, 6) is 6.00. The molecule has 0 aromatic heterocycles. The zero-order valence-electron chi connectivity index (χ0n) is 37.3. The van der Waals surface area contributed by atoms with Gasteiger partial charge in [0.05, 0.1) is 26.4 Å². The van der Waals surface area contributed by atoms with E-state index < -0.39 is 21.3 Å². The molecule has 0 saturated carbocycles. The highest BCUT2D eigenvalue weighted by molar-refractivity contribution is 7.81. The molecule has 5 aliphatic rings. The van der Waals surface area contributed by atoms with E-state index in [1.807, 2.05) is 0 Å². The van der Waals surface area contributed by atoms with Gasteiger partial charge in [0.2, 0.25) is 0 Å². The number of para-hydroxylation sites is 4. The van der Waals surface area contributed by atoms with Crippen molar-refractivity contribution in [2.75, 3.05) is 26.4 Å². The minimum atomic E-state index is -1.22. The fourth-order valence-corrected chi connectivity index (χ4v) is 15.5. The molecule has 62 heavy (non-hydrogen) atoms. The van der Waals surface area contributed by atoms with Crippen LogP contribution in [-0.2, 0) is 41.9 Å². The lowest BCUT2D eigenvalue weighted by Crippen LogP contribution is -2.35. The Bertz CT molecular complexity index is 2500. The Morgan fingerprint density at radius 2 is 0.710 bits per heavy atom. The molecule has 7 heteroatoms. The molecular formula is C55H56O5P2. The topological polar surface area (TPSA) is 46.2 Å². The summed E-state index contributed by atoms with van der Waals surface area (Å²) < 4.78 is 34.3. The third-order valence-corrected chi connectivity index (χ3v) is 18.6. The first-order chi connectivity index (χ1) is 29.8. The maximum Gasteiger partial charge on any atom is 0.139 e. The molecule has 0 unspecified atom stereocenters. The molecule has 0 radical (unpaired) electrons. The normalized spacial score (nSPS) is 16.6. The average molecular weight is 859 g/mol. The van der Waals surface area contributed by atoms with Gasteiger partial charge in [-0.25, -0.2) is 0 Å². The summed E-state index contributed by atoms with van der Waals surface area (Å²) in [6, 6.07) is 36.9. The van der Waals surface area contributed by atoms with Gasteiger partial charge in [0.25, 0.3) is 0 Å². The quantitative estimate of drug-likeness (QED) is 0.156. The Morgan fingerprint density at radius 3 is 1.00 bits per heavy atom. The highest BCUT2D eigenvalue weighted by Crippen LogP contribution is 2.56. The minimum absolute atomic E-state index is 0.125. The monoisotopic (exact) mass is 858 g/mol. The van der Waals surface area contributed by atoms with Gasteiger partial charge in [-0.2, -0.15) is 0 Å². The number of rotatable bonds is 6. The molecule has 5 heterocycles. The van der Waals surface area contributed by atoms with Crippen LogP contribution in [0.3, 0.4) is 0 Å². The molecule has 11 rings (SSSR count). The largest absolute Gasteiger partial charge is 0.492 e. The van der Waals surface area contributed by atoms with Crippen molar-refractivity contribution in [2.24, 2.45) is 0 Å². The van der Waals surface area contributed by atoms with Gasteiger partial charge in [-0.15, -0.1) is 0 Å². The zero-order chi connectivity index (χ0) is 42.7. The molecule has 0 atom stereocenters. The molecule has 6 aromatic rings. The van der Waals surface area contributed by atoms with Crippen molar-refractivity contribution in [3.63, 3.8) is 0 Å². The summed E-state index contributed by atoms with van der Waals surface area (Å²) >= 11 is 0. The average Bonchev–Trinajstić information content (AvgIpc) is 4.08. The summed E-state index contributed by atoms with van der Waals surface area (Å²) in [6.45, 7) is 21.6. The van der Waals surface area contributed by atoms with Crippen LogP contribution in [0.5, 0.6) is 34.5 Å². The van der Waals surface area contributed by atoms with Crippen LogP contribution in [0.2, 0.25) is 0 Å². The van der Waals surface area contributed by atoms with Gasteiger partial charge < -0.3 is 23.7 Å². The van der Waals surface area contributed by atoms with Crippen LogP contribution < -0.4 is 55.5 Å². The van der Waals surface area contributed by atoms with Crippen molar-refractivity contribution in [1.82, 2.24) is 0 Å². The molecule has 0 saturated heterocycles. The molecule has 5 aliphatic heterocycles. The van der Waals surface area contributed by atoms with Crippen molar-refractivity contribution in [3.8, 4) is 34.5 Å². The Kier molecular flexibility index (Phi) is 9.43. The maximum absolute atomic E-state index is 7.91. The van der Waals surface area contributed by atoms with E-state index in [2.05, 4.69) is 152 Å². The van der Waals surface area contributed by atoms with Crippen LogP contribution in [0, 0.1) is 0 Å². The highest BCUT2D eigenvalue weighted by Gasteiger charge is 2.44. The Hall–Kier alpha value is -4.82. The molecule has 0 amide bonds. The van der Waals surface area contributed by atoms with Gasteiger partial charge in [-0.1, -0.05) is 140 Å². The van der Waals surface area contributed by atoms with Gasteiger partial charge in [-0.05, 0) is 72.2 Å². The zero-order valence-corrected chi connectivity index (χ0v) is 39.1. The van der Waals surface area contributed by atoms with Crippen molar-refractivity contribution in [3.05, 3.63) is 142 Å². The van der Waals surface area contributed by atoms with E-state index in [0.29, 0.717) is 26.4 Å². The molecule has 316 valence electrons. The Balaban J connectivity index is 1.23. The molecular weight excluding hydrogens is 803 g/mol. The lowest BCUT2D eigenvalue weighted by Gasteiger charge is -2.41. The van der Waals surface area contributed by atoms with E-state index in [0.717, 1.165) is 60.2 Å². The smallest absolute Gasteiger partial charge is 0.139 e. The van der Waals surface area contributed by atoms with Crippen LogP contribution in [0.1, 0.15) is 99.9 Å².